The van der Waals surface area contributed by atoms with E-state index in [1.54, 1.807) is 6.92 Å². The molecule has 2 rings (SSSR count). The summed E-state index contributed by atoms with van der Waals surface area (Å²) in [6, 6.07) is 0. The minimum atomic E-state index is -0.402. The van der Waals surface area contributed by atoms with E-state index in [1.807, 2.05) is 11.9 Å². The topological polar surface area (TPSA) is 77.7 Å². The first kappa shape index (κ1) is 15.1. The van der Waals surface area contributed by atoms with Crippen LogP contribution in [0.2, 0.25) is 0 Å². The van der Waals surface area contributed by atoms with Crippen LogP contribution in [0.1, 0.15) is 30.1 Å². The number of esters is 1. The van der Waals surface area contributed by atoms with Gasteiger partial charge in [-0.1, -0.05) is 0 Å². The van der Waals surface area contributed by atoms with E-state index in [4.69, 9.17) is 15.2 Å². The summed E-state index contributed by atoms with van der Waals surface area (Å²) in [6.45, 7) is 4.55. The molecule has 1 unspecified atom stereocenters. The maximum absolute atomic E-state index is 12.0. The lowest BCUT2D eigenvalue weighted by Gasteiger charge is -2.27. The fraction of sp³-hybridized carbons (Fsp3) is 0.692. The lowest BCUT2D eigenvalue weighted by molar-refractivity contribution is 0.0527. The molecule has 2 heterocycles. The third kappa shape index (κ3) is 3.40. The van der Waals surface area contributed by atoms with Crippen LogP contribution < -0.4 is 10.6 Å². The van der Waals surface area contributed by atoms with E-state index >= 15 is 0 Å². The summed E-state index contributed by atoms with van der Waals surface area (Å²) < 4.78 is 14.6. The van der Waals surface area contributed by atoms with Crippen molar-refractivity contribution in [1.82, 2.24) is 4.37 Å². The molecular formula is C13H21N3O3S. The van der Waals surface area contributed by atoms with Crippen molar-refractivity contribution in [2.45, 2.75) is 19.8 Å². The number of anilines is 2. The second-order valence-corrected chi connectivity index (χ2v) is 5.68. The van der Waals surface area contributed by atoms with Crippen molar-refractivity contribution < 1.29 is 14.3 Å². The summed E-state index contributed by atoms with van der Waals surface area (Å²) in [7, 11) is 1.95. The summed E-state index contributed by atoms with van der Waals surface area (Å²) >= 11 is 1.24. The van der Waals surface area contributed by atoms with E-state index < -0.39 is 5.97 Å². The molecule has 0 bridgehead atoms. The Hall–Kier alpha value is -1.34. The van der Waals surface area contributed by atoms with Crippen LogP contribution >= 0.6 is 11.5 Å². The highest BCUT2D eigenvalue weighted by Crippen LogP contribution is 2.31. The number of ether oxygens (including phenoxy) is 2. The van der Waals surface area contributed by atoms with E-state index in [9.17, 15) is 4.79 Å². The van der Waals surface area contributed by atoms with Gasteiger partial charge in [0.05, 0.1) is 13.2 Å². The van der Waals surface area contributed by atoms with Crippen molar-refractivity contribution in [2.24, 2.45) is 5.92 Å². The van der Waals surface area contributed by atoms with Crippen LogP contribution in [-0.2, 0) is 9.47 Å². The average molecular weight is 299 g/mol. The van der Waals surface area contributed by atoms with E-state index in [0.29, 0.717) is 18.1 Å². The largest absolute Gasteiger partial charge is 0.462 e. The number of aromatic nitrogens is 1. The molecule has 1 atom stereocenters. The highest BCUT2D eigenvalue weighted by Gasteiger charge is 2.25. The van der Waals surface area contributed by atoms with Crippen molar-refractivity contribution in [1.29, 1.82) is 0 Å². The van der Waals surface area contributed by atoms with Gasteiger partial charge >= 0.3 is 5.97 Å². The molecule has 2 N–H and O–H groups in total. The fourth-order valence-electron chi connectivity index (χ4n) is 2.37. The molecule has 0 radical (unpaired) electrons. The Labute approximate surface area is 123 Å². The van der Waals surface area contributed by atoms with E-state index in [-0.39, 0.29) is 5.82 Å². The first-order valence-electron chi connectivity index (χ1n) is 6.84. The highest BCUT2D eigenvalue weighted by molar-refractivity contribution is 7.11. The van der Waals surface area contributed by atoms with Crippen LogP contribution in [0.5, 0.6) is 0 Å². The SMILES string of the molecule is CCOC(=O)c1c(N)nsc1N(C)CC1CCCOC1. The molecule has 6 nitrogen and oxygen atoms in total. The number of hydrogen-bond donors (Lipinski definition) is 1. The molecule has 1 fully saturated rings. The molecule has 0 amide bonds. The molecule has 1 aromatic heterocycles. The van der Waals surface area contributed by atoms with Crippen LogP contribution in [0.3, 0.4) is 0 Å². The first-order valence-corrected chi connectivity index (χ1v) is 7.62. The Balaban J connectivity index is 2.08. The quantitative estimate of drug-likeness (QED) is 0.835. The molecule has 1 aliphatic heterocycles. The Bertz CT molecular complexity index is 458. The summed E-state index contributed by atoms with van der Waals surface area (Å²) in [4.78, 5) is 14.0. The van der Waals surface area contributed by atoms with Crippen LogP contribution in [0.25, 0.3) is 0 Å². The Morgan fingerprint density at radius 2 is 2.45 bits per heavy atom. The molecule has 1 saturated heterocycles. The van der Waals surface area contributed by atoms with Crippen LogP contribution in [0, 0.1) is 5.92 Å². The smallest absolute Gasteiger partial charge is 0.345 e. The molecule has 1 aliphatic rings. The van der Waals surface area contributed by atoms with Crippen LogP contribution in [0.4, 0.5) is 10.8 Å². The maximum Gasteiger partial charge on any atom is 0.345 e. The van der Waals surface area contributed by atoms with Crippen LogP contribution in [-0.4, -0.2) is 43.8 Å². The molecule has 0 aromatic carbocycles. The van der Waals surface area contributed by atoms with E-state index in [2.05, 4.69) is 4.37 Å². The second-order valence-electron chi connectivity index (χ2n) is 4.93. The van der Waals surface area contributed by atoms with Crippen molar-refractivity contribution in [3.8, 4) is 0 Å². The zero-order valence-electron chi connectivity index (χ0n) is 11.9. The van der Waals surface area contributed by atoms with Gasteiger partial charge in [-0.2, -0.15) is 4.37 Å². The molecule has 0 aliphatic carbocycles. The fourth-order valence-corrected chi connectivity index (χ4v) is 3.14. The highest BCUT2D eigenvalue weighted by atomic mass is 32.1. The summed E-state index contributed by atoms with van der Waals surface area (Å²) in [5, 5.41) is 0.770. The number of nitrogens with zero attached hydrogens (tertiary/aromatic N) is 2. The third-order valence-electron chi connectivity index (χ3n) is 3.31. The Morgan fingerprint density at radius 3 is 3.10 bits per heavy atom. The van der Waals surface area contributed by atoms with Gasteiger partial charge in [0.2, 0.25) is 0 Å². The van der Waals surface area contributed by atoms with Gasteiger partial charge in [0.15, 0.2) is 5.82 Å². The molecule has 20 heavy (non-hydrogen) atoms. The number of carbonyl (C=O) groups is 1. The minimum Gasteiger partial charge on any atom is -0.462 e. The molecule has 7 heteroatoms. The first-order chi connectivity index (χ1) is 9.63. The lowest BCUT2D eigenvalue weighted by Crippen LogP contribution is -2.31. The molecule has 0 saturated carbocycles. The third-order valence-corrected chi connectivity index (χ3v) is 4.29. The summed E-state index contributed by atoms with van der Waals surface area (Å²) in [6.07, 6.45) is 2.24. The second kappa shape index (κ2) is 6.90. The Morgan fingerprint density at radius 1 is 1.65 bits per heavy atom. The van der Waals surface area contributed by atoms with Gasteiger partial charge in [-0.25, -0.2) is 4.79 Å². The minimum absolute atomic E-state index is 0.246. The van der Waals surface area contributed by atoms with Crippen molar-refractivity contribution >= 4 is 28.3 Å². The van der Waals surface area contributed by atoms with Gasteiger partial charge in [-0.05, 0) is 37.2 Å². The molecule has 112 valence electrons. The predicted molar refractivity (Wildman–Crippen MR) is 79.3 cm³/mol. The standard InChI is InChI=1S/C13H21N3O3S/c1-3-19-13(17)10-11(14)15-20-12(10)16(2)7-9-5-4-6-18-8-9/h9H,3-8H2,1-2H3,(H2,14,15). The van der Waals surface area contributed by atoms with Crippen molar-refractivity contribution in [2.75, 3.05) is 44.0 Å². The number of nitrogen functional groups attached to an aromatic ring is 1. The molecule has 1 aromatic rings. The zero-order valence-corrected chi connectivity index (χ0v) is 12.7. The lowest BCUT2D eigenvalue weighted by atomic mass is 10.0. The maximum atomic E-state index is 12.0. The number of rotatable bonds is 5. The van der Waals surface area contributed by atoms with E-state index in [1.165, 1.54) is 11.5 Å². The van der Waals surface area contributed by atoms with Gasteiger partial charge in [0, 0.05) is 20.2 Å². The number of nitrogens with two attached hydrogens (primary N) is 1. The van der Waals surface area contributed by atoms with Gasteiger partial charge in [0.1, 0.15) is 10.6 Å². The average Bonchev–Trinajstić information content (AvgIpc) is 2.82. The van der Waals surface area contributed by atoms with Gasteiger partial charge in [0.25, 0.3) is 0 Å². The van der Waals surface area contributed by atoms with Crippen molar-refractivity contribution in [3.63, 3.8) is 0 Å². The van der Waals surface area contributed by atoms with Gasteiger partial charge in [-0.3, -0.25) is 0 Å². The van der Waals surface area contributed by atoms with Gasteiger partial charge in [-0.15, -0.1) is 0 Å². The Kier molecular flexibility index (Phi) is 5.19. The summed E-state index contributed by atoms with van der Waals surface area (Å²) in [5.41, 5.74) is 6.18. The monoisotopic (exact) mass is 299 g/mol. The molecular weight excluding hydrogens is 278 g/mol. The number of hydrogen-bond acceptors (Lipinski definition) is 7. The van der Waals surface area contributed by atoms with Gasteiger partial charge < -0.3 is 20.1 Å². The summed E-state index contributed by atoms with van der Waals surface area (Å²) in [5.74, 6) is 0.322. The van der Waals surface area contributed by atoms with E-state index in [0.717, 1.165) is 37.6 Å². The van der Waals surface area contributed by atoms with Crippen molar-refractivity contribution in [3.05, 3.63) is 5.56 Å². The number of carbonyl (C=O) groups excluding carboxylic acids is 1. The van der Waals surface area contributed by atoms with Crippen LogP contribution in [0.15, 0.2) is 0 Å². The zero-order chi connectivity index (χ0) is 14.5. The molecule has 0 spiro atoms. The normalized spacial score (nSPS) is 18.8. The predicted octanol–water partition coefficient (Wildman–Crippen LogP) is 1.76.